The maximum Gasteiger partial charge on any atom is 0.251 e. The third kappa shape index (κ3) is 5.70. The van der Waals surface area contributed by atoms with E-state index in [1.807, 2.05) is 24.3 Å². The first-order valence-electron chi connectivity index (χ1n) is 12.9. The molecule has 4 atom stereocenters. The lowest BCUT2D eigenvalue weighted by atomic mass is 9.87. The molecule has 0 aromatic heterocycles. The quantitative estimate of drug-likeness (QED) is 0.667. The van der Waals surface area contributed by atoms with Crippen molar-refractivity contribution in [3.05, 3.63) is 29.8 Å². The van der Waals surface area contributed by atoms with Crippen LogP contribution in [0.25, 0.3) is 0 Å². The highest BCUT2D eigenvalue weighted by molar-refractivity contribution is 5.99. The second-order valence-corrected chi connectivity index (χ2v) is 11.5. The Morgan fingerprint density at radius 2 is 1.77 bits per heavy atom. The van der Waals surface area contributed by atoms with Gasteiger partial charge in [0.15, 0.2) is 5.78 Å². The maximum absolute atomic E-state index is 13.7. The van der Waals surface area contributed by atoms with Crippen LogP contribution in [0.5, 0.6) is 0 Å². The summed E-state index contributed by atoms with van der Waals surface area (Å²) >= 11 is 0. The molecule has 3 saturated heterocycles. The first-order chi connectivity index (χ1) is 16.6. The highest BCUT2D eigenvalue weighted by Gasteiger charge is 2.52. The fraction of sp³-hybridized carbons (Fsp3) is 0.667. The first kappa shape index (κ1) is 25.6. The number of carbonyl (C=O) groups excluding carboxylic acids is 3. The maximum atomic E-state index is 13.7. The molecular formula is C27H40N4O4. The van der Waals surface area contributed by atoms with Gasteiger partial charge in [-0.15, -0.1) is 0 Å². The number of likely N-dealkylation sites (tertiary alicyclic amines) is 1. The van der Waals surface area contributed by atoms with E-state index in [2.05, 4.69) is 49.9 Å². The number of ether oxygens (including phenoxy) is 1. The minimum Gasteiger partial charge on any atom is -0.369 e. The molecule has 3 aliphatic heterocycles. The minimum atomic E-state index is -0.704. The van der Waals surface area contributed by atoms with E-state index in [1.54, 1.807) is 4.90 Å². The van der Waals surface area contributed by atoms with Crippen molar-refractivity contribution in [3.63, 3.8) is 0 Å². The van der Waals surface area contributed by atoms with Gasteiger partial charge in [-0.05, 0) is 49.6 Å². The van der Waals surface area contributed by atoms with Gasteiger partial charge in [-0.25, -0.2) is 0 Å². The van der Waals surface area contributed by atoms with Gasteiger partial charge >= 0.3 is 0 Å². The molecule has 0 radical (unpaired) electrons. The Morgan fingerprint density at radius 1 is 1.11 bits per heavy atom. The Labute approximate surface area is 209 Å². The third-order valence-corrected chi connectivity index (χ3v) is 7.52. The lowest BCUT2D eigenvalue weighted by Crippen LogP contribution is -2.53. The van der Waals surface area contributed by atoms with Gasteiger partial charge in [0.1, 0.15) is 18.7 Å². The Hall–Kier alpha value is -2.45. The number of nitrogens with zero attached hydrogens (tertiary/aromatic N) is 3. The number of likely N-dealkylation sites (N-methyl/N-ethyl adjacent to an activating group) is 1. The van der Waals surface area contributed by atoms with Crippen molar-refractivity contribution in [2.45, 2.75) is 58.7 Å². The summed E-state index contributed by atoms with van der Waals surface area (Å²) in [5.74, 6) is -0.357. The Morgan fingerprint density at radius 3 is 2.37 bits per heavy atom. The van der Waals surface area contributed by atoms with Crippen LogP contribution in [0, 0.1) is 11.3 Å². The molecule has 3 aliphatic rings. The number of rotatable bonds is 6. The van der Waals surface area contributed by atoms with Crippen molar-refractivity contribution in [2.24, 2.45) is 11.3 Å². The summed E-state index contributed by atoms with van der Waals surface area (Å²) < 4.78 is 5.73. The van der Waals surface area contributed by atoms with Gasteiger partial charge in [-0.1, -0.05) is 27.7 Å². The van der Waals surface area contributed by atoms with Crippen molar-refractivity contribution < 1.29 is 19.1 Å². The number of piperazine rings is 1. The van der Waals surface area contributed by atoms with Gasteiger partial charge in [0.2, 0.25) is 5.91 Å². The highest BCUT2D eigenvalue weighted by atomic mass is 16.5. The zero-order valence-electron chi connectivity index (χ0n) is 21.8. The predicted molar refractivity (Wildman–Crippen MR) is 136 cm³/mol. The highest BCUT2D eigenvalue weighted by Crippen LogP contribution is 2.35. The number of fused-ring (bicyclic) bond motifs is 1. The largest absolute Gasteiger partial charge is 0.369 e. The Kier molecular flexibility index (Phi) is 7.52. The van der Waals surface area contributed by atoms with E-state index in [0.717, 1.165) is 38.3 Å². The van der Waals surface area contributed by atoms with Crippen molar-refractivity contribution in [3.8, 4) is 0 Å². The molecule has 3 heterocycles. The predicted octanol–water partition coefficient (Wildman–Crippen LogP) is 2.18. The summed E-state index contributed by atoms with van der Waals surface area (Å²) in [4.78, 5) is 45.8. The summed E-state index contributed by atoms with van der Waals surface area (Å²) in [6.45, 7) is 12.7. The van der Waals surface area contributed by atoms with E-state index in [-0.39, 0.29) is 41.6 Å². The van der Waals surface area contributed by atoms with Crippen LogP contribution in [0.1, 0.15) is 50.9 Å². The molecular weight excluding hydrogens is 444 g/mol. The average molecular weight is 485 g/mol. The van der Waals surface area contributed by atoms with Crippen molar-refractivity contribution >= 4 is 23.3 Å². The Bertz CT molecular complexity index is 933. The molecule has 35 heavy (non-hydrogen) atoms. The summed E-state index contributed by atoms with van der Waals surface area (Å²) in [6, 6.07) is 6.38. The lowest BCUT2D eigenvalue weighted by molar-refractivity contribution is -0.138. The monoisotopic (exact) mass is 484 g/mol. The first-order valence-corrected chi connectivity index (χ1v) is 12.9. The van der Waals surface area contributed by atoms with Crippen LogP contribution in [0.15, 0.2) is 24.3 Å². The number of ketones is 1. The van der Waals surface area contributed by atoms with Gasteiger partial charge in [0.25, 0.3) is 5.91 Å². The molecule has 0 spiro atoms. The number of Topliss-reactive ketones (excluding diaryl/α,β-unsaturated/α-hetero) is 1. The van der Waals surface area contributed by atoms with Crippen molar-refractivity contribution in [2.75, 3.05) is 51.3 Å². The fourth-order valence-electron chi connectivity index (χ4n) is 5.48. The zero-order valence-corrected chi connectivity index (χ0v) is 21.8. The third-order valence-electron chi connectivity index (χ3n) is 7.52. The van der Waals surface area contributed by atoms with E-state index in [0.29, 0.717) is 18.5 Å². The molecule has 0 saturated carbocycles. The molecule has 1 N–H and O–H groups in total. The van der Waals surface area contributed by atoms with Crippen LogP contribution in [0.2, 0.25) is 0 Å². The summed E-state index contributed by atoms with van der Waals surface area (Å²) in [5.41, 5.74) is 1.45. The van der Waals surface area contributed by atoms with Crippen LogP contribution in [0.4, 0.5) is 5.69 Å². The second kappa shape index (κ2) is 10.3. The summed E-state index contributed by atoms with van der Waals surface area (Å²) in [7, 11) is 2.13. The number of carbonyl (C=O) groups is 3. The van der Waals surface area contributed by atoms with E-state index in [4.69, 9.17) is 4.74 Å². The molecule has 192 valence electrons. The van der Waals surface area contributed by atoms with Crippen LogP contribution in [-0.4, -0.2) is 92.0 Å². The van der Waals surface area contributed by atoms with E-state index < -0.39 is 12.1 Å². The number of hydrogen-bond acceptors (Lipinski definition) is 6. The van der Waals surface area contributed by atoms with Crippen LogP contribution in [-0.2, 0) is 14.3 Å². The number of anilines is 1. The molecule has 4 rings (SSSR count). The van der Waals surface area contributed by atoms with Crippen LogP contribution in [0.3, 0.4) is 0 Å². The molecule has 2 amide bonds. The molecule has 1 aromatic carbocycles. The smallest absolute Gasteiger partial charge is 0.251 e. The normalized spacial score (nSPS) is 26.1. The summed E-state index contributed by atoms with van der Waals surface area (Å²) in [6.07, 6.45) is 1.09. The van der Waals surface area contributed by atoms with Crippen molar-refractivity contribution in [1.29, 1.82) is 0 Å². The Balaban J connectivity index is 1.48. The molecule has 0 unspecified atom stereocenters. The van der Waals surface area contributed by atoms with Crippen LogP contribution >= 0.6 is 0 Å². The van der Waals surface area contributed by atoms with Gasteiger partial charge < -0.3 is 24.8 Å². The molecule has 8 heteroatoms. The van der Waals surface area contributed by atoms with E-state index in [9.17, 15) is 14.4 Å². The molecule has 0 bridgehead atoms. The SMILES string of the molecule is CC[C@@H]1CN(C(=O)[C@H](CC(C)(C)C)NC(=O)c2ccc(N3CCN(C)CC3)cc2)[C@@H]2C(=O)CO[C@H]12. The van der Waals surface area contributed by atoms with Crippen LogP contribution < -0.4 is 10.2 Å². The van der Waals surface area contributed by atoms with Gasteiger partial charge in [-0.2, -0.15) is 0 Å². The average Bonchev–Trinajstić information content (AvgIpc) is 3.38. The van der Waals surface area contributed by atoms with Gasteiger partial charge in [0.05, 0.1) is 6.10 Å². The molecule has 8 nitrogen and oxygen atoms in total. The standard InChI is InChI=1S/C27H40N4O4/c1-6-18-16-31(23-22(32)17-35-24(18)23)26(34)21(15-27(2,3)4)28-25(33)19-7-9-20(10-8-19)30-13-11-29(5)12-14-30/h7-10,18,21,23-24H,6,11-17H2,1-5H3,(H,28,33)/t18-,21+,23-,24-/m1/s1. The number of nitrogens with one attached hydrogen (secondary N) is 1. The molecule has 0 aliphatic carbocycles. The van der Waals surface area contributed by atoms with Crippen molar-refractivity contribution in [1.82, 2.24) is 15.1 Å². The minimum absolute atomic E-state index is 0.0420. The number of hydrogen-bond donors (Lipinski definition) is 1. The molecule has 1 aromatic rings. The summed E-state index contributed by atoms with van der Waals surface area (Å²) in [5, 5.41) is 3.00. The van der Waals surface area contributed by atoms with E-state index >= 15 is 0 Å². The van der Waals surface area contributed by atoms with Gasteiger partial charge in [0, 0.05) is 49.9 Å². The fourth-order valence-corrected chi connectivity index (χ4v) is 5.48. The van der Waals surface area contributed by atoms with Gasteiger partial charge in [-0.3, -0.25) is 14.4 Å². The zero-order chi connectivity index (χ0) is 25.3. The topological polar surface area (TPSA) is 82.2 Å². The second-order valence-electron chi connectivity index (χ2n) is 11.5. The number of amides is 2. The number of benzene rings is 1. The molecule has 3 fully saturated rings. The lowest BCUT2D eigenvalue weighted by Gasteiger charge is -2.34. The van der Waals surface area contributed by atoms with E-state index in [1.165, 1.54) is 0 Å².